The largest absolute Gasteiger partial charge is 0.501 e. The van der Waals surface area contributed by atoms with Gasteiger partial charge in [0.15, 0.2) is 0 Å². The molecule has 1 heterocycles. The molecule has 0 bridgehead atoms. The molecule has 0 radical (unpaired) electrons. The Morgan fingerprint density at radius 1 is 1.55 bits per heavy atom. The van der Waals surface area contributed by atoms with Crippen LogP contribution in [0.4, 0.5) is 0 Å². The number of aliphatic hydroxyl groups is 1. The topological polar surface area (TPSA) is 29.5 Å². The van der Waals surface area contributed by atoms with E-state index in [2.05, 4.69) is 0 Å². The van der Waals surface area contributed by atoms with E-state index >= 15 is 0 Å². The van der Waals surface area contributed by atoms with Crippen LogP contribution in [0.2, 0.25) is 0 Å². The van der Waals surface area contributed by atoms with Crippen molar-refractivity contribution in [3.8, 4) is 0 Å². The van der Waals surface area contributed by atoms with Crippen LogP contribution in [0.1, 0.15) is 26.7 Å². The smallest absolute Gasteiger partial charge is 0.0876 e. The number of hydrogen-bond acceptors (Lipinski definition) is 2. The highest BCUT2D eigenvalue weighted by molar-refractivity contribution is 5.05. The monoisotopic (exact) mass is 156 g/mol. The lowest BCUT2D eigenvalue weighted by Crippen LogP contribution is -2.17. The second-order valence-corrected chi connectivity index (χ2v) is 3.20. The van der Waals surface area contributed by atoms with Crippen molar-refractivity contribution in [1.82, 2.24) is 0 Å². The predicted molar refractivity (Wildman–Crippen MR) is 44.1 cm³/mol. The van der Waals surface area contributed by atoms with Crippen molar-refractivity contribution < 1.29 is 9.84 Å². The zero-order valence-corrected chi connectivity index (χ0v) is 7.21. The molecule has 2 nitrogen and oxygen atoms in total. The molecule has 0 amide bonds. The minimum Gasteiger partial charge on any atom is -0.501 e. The van der Waals surface area contributed by atoms with Crippen molar-refractivity contribution >= 4 is 0 Å². The van der Waals surface area contributed by atoms with Crippen molar-refractivity contribution in [3.05, 3.63) is 11.8 Å². The van der Waals surface area contributed by atoms with E-state index in [1.807, 2.05) is 13.8 Å². The number of hydrogen-bond donors (Lipinski definition) is 1. The van der Waals surface area contributed by atoms with Gasteiger partial charge in [0.1, 0.15) is 0 Å². The van der Waals surface area contributed by atoms with Gasteiger partial charge in [0.2, 0.25) is 0 Å². The van der Waals surface area contributed by atoms with Crippen LogP contribution < -0.4 is 0 Å². The molecule has 0 fully saturated rings. The summed E-state index contributed by atoms with van der Waals surface area (Å²) >= 11 is 0. The fourth-order valence-electron chi connectivity index (χ4n) is 1.23. The summed E-state index contributed by atoms with van der Waals surface area (Å²) in [5.41, 5.74) is 1.24. The van der Waals surface area contributed by atoms with Crippen molar-refractivity contribution in [2.24, 2.45) is 5.92 Å². The summed E-state index contributed by atoms with van der Waals surface area (Å²) in [7, 11) is 0. The Morgan fingerprint density at radius 3 is 2.73 bits per heavy atom. The maximum atomic E-state index is 9.28. The van der Waals surface area contributed by atoms with Crippen LogP contribution in [0.3, 0.4) is 0 Å². The number of ether oxygens (including phenoxy) is 1. The molecule has 0 aromatic heterocycles. The third kappa shape index (κ3) is 2.22. The Labute approximate surface area is 67.9 Å². The summed E-state index contributed by atoms with van der Waals surface area (Å²) in [5, 5.41) is 9.28. The fraction of sp³-hybridized carbons (Fsp3) is 0.778. The molecule has 1 aliphatic rings. The maximum Gasteiger partial charge on any atom is 0.0876 e. The standard InChI is InChI=1S/C9H16O2/c1-7(8(2)10)9-4-3-5-11-6-9/h6-8,10H,3-5H2,1-2H3. The average Bonchev–Trinajstić information content (AvgIpc) is 2.05. The first kappa shape index (κ1) is 8.60. The Bertz CT molecular complexity index is 150. The minimum atomic E-state index is -0.261. The van der Waals surface area contributed by atoms with Crippen LogP contribution in [-0.4, -0.2) is 17.8 Å². The summed E-state index contributed by atoms with van der Waals surface area (Å²) in [6, 6.07) is 0. The van der Waals surface area contributed by atoms with Crippen molar-refractivity contribution in [1.29, 1.82) is 0 Å². The molecule has 1 N–H and O–H groups in total. The van der Waals surface area contributed by atoms with E-state index in [-0.39, 0.29) is 12.0 Å². The molecule has 0 aromatic rings. The highest BCUT2D eigenvalue weighted by Gasteiger charge is 2.16. The number of rotatable bonds is 2. The molecule has 2 unspecified atom stereocenters. The third-order valence-corrected chi connectivity index (χ3v) is 2.27. The normalized spacial score (nSPS) is 23.4. The molecule has 0 spiro atoms. The summed E-state index contributed by atoms with van der Waals surface area (Å²) < 4.78 is 5.18. The molecule has 1 rings (SSSR count). The second-order valence-electron chi connectivity index (χ2n) is 3.20. The van der Waals surface area contributed by atoms with E-state index in [1.165, 1.54) is 5.57 Å². The van der Waals surface area contributed by atoms with Gasteiger partial charge in [0.05, 0.1) is 19.0 Å². The molecule has 0 saturated heterocycles. The van der Waals surface area contributed by atoms with Crippen LogP contribution in [0.15, 0.2) is 11.8 Å². The first-order valence-electron chi connectivity index (χ1n) is 4.20. The van der Waals surface area contributed by atoms with Gasteiger partial charge in [0.25, 0.3) is 0 Å². The van der Waals surface area contributed by atoms with Gasteiger partial charge in [-0.3, -0.25) is 0 Å². The molecule has 0 aliphatic carbocycles. The zero-order valence-electron chi connectivity index (χ0n) is 7.21. The Hall–Kier alpha value is -0.500. The average molecular weight is 156 g/mol. The summed E-state index contributed by atoms with van der Waals surface area (Å²) in [4.78, 5) is 0. The molecule has 0 saturated carbocycles. The minimum absolute atomic E-state index is 0.246. The second kappa shape index (κ2) is 3.77. The van der Waals surface area contributed by atoms with Crippen LogP contribution in [0, 0.1) is 5.92 Å². The highest BCUT2D eigenvalue weighted by atomic mass is 16.5. The van der Waals surface area contributed by atoms with Crippen LogP contribution in [-0.2, 0) is 4.74 Å². The molecule has 1 aliphatic heterocycles. The van der Waals surface area contributed by atoms with E-state index in [1.54, 1.807) is 6.26 Å². The summed E-state index contributed by atoms with van der Waals surface area (Å²) in [6.45, 7) is 4.68. The molecular formula is C9H16O2. The van der Waals surface area contributed by atoms with Gasteiger partial charge < -0.3 is 9.84 Å². The van der Waals surface area contributed by atoms with Crippen molar-refractivity contribution in [2.45, 2.75) is 32.8 Å². The zero-order chi connectivity index (χ0) is 8.27. The van der Waals surface area contributed by atoms with Crippen molar-refractivity contribution in [3.63, 3.8) is 0 Å². The lowest BCUT2D eigenvalue weighted by Gasteiger charge is -2.21. The van der Waals surface area contributed by atoms with Crippen LogP contribution >= 0.6 is 0 Å². The SMILES string of the molecule is CC(O)C(C)C1=COCCC1. The van der Waals surface area contributed by atoms with Crippen molar-refractivity contribution in [2.75, 3.05) is 6.61 Å². The van der Waals surface area contributed by atoms with E-state index in [0.717, 1.165) is 19.4 Å². The maximum absolute atomic E-state index is 9.28. The van der Waals surface area contributed by atoms with Crippen LogP contribution in [0.25, 0.3) is 0 Å². The first-order valence-corrected chi connectivity index (χ1v) is 4.20. The summed E-state index contributed by atoms with van der Waals surface area (Å²) in [5.74, 6) is 0.246. The quantitative estimate of drug-likeness (QED) is 0.659. The molecular weight excluding hydrogens is 140 g/mol. The van der Waals surface area contributed by atoms with Gasteiger partial charge in [-0.15, -0.1) is 0 Å². The van der Waals surface area contributed by atoms with E-state index in [4.69, 9.17) is 4.74 Å². The highest BCUT2D eigenvalue weighted by Crippen LogP contribution is 2.22. The predicted octanol–water partition coefficient (Wildman–Crippen LogP) is 1.70. The molecule has 11 heavy (non-hydrogen) atoms. The molecule has 2 heteroatoms. The Balaban J connectivity index is 2.51. The van der Waals surface area contributed by atoms with E-state index < -0.39 is 0 Å². The molecule has 2 atom stereocenters. The van der Waals surface area contributed by atoms with Gasteiger partial charge in [-0.2, -0.15) is 0 Å². The van der Waals surface area contributed by atoms with Gasteiger partial charge in [-0.05, 0) is 25.3 Å². The molecule has 0 aromatic carbocycles. The Kier molecular flexibility index (Phi) is 2.94. The number of aliphatic hydroxyl groups excluding tert-OH is 1. The first-order chi connectivity index (χ1) is 5.22. The Morgan fingerprint density at radius 2 is 2.27 bits per heavy atom. The van der Waals surface area contributed by atoms with E-state index in [0.29, 0.717) is 0 Å². The van der Waals surface area contributed by atoms with Gasteiger partial charge in [-0.25, -0.2) is 0 Å². The lowest BCUT2D eigenvalue weighted by molar-refractivity contribution is 0.139. The van der Waals surface area contributed by atoms with Gasteiger partial charge in [-0.1, -0.05) is 6.92 Å². The van der Waals surface area contributed by atoms with E-state index in [9.17, 15) is 5.11 Å². The van der Waals surface area contributed by atoms with Crippen LogP contribution in [0.5, 0.6) is 0 Å². The fourth-order valence-corrected chi connectivity index (χ4v) is 1.23. The van der Waals surface area contributed by atoms with Gasteiger partial charge in [0, 0.05) is 5.92 Å². The third-order valence-electron chi connectivity index (χ3n) is 2.27. The van der Waals surface area contributed by atoms with Gasteiger partial charge >= 0.3 is 0 Å². The lowest BCUT2D eigenvalue weighted by atomic mass is 9.93. The molecule has 64 valence electrons. The summed E-state index contributed by atoms with van der Waals surface area (Å²) in [6.07, 6.45) is 3.71.